The van der Waals surface area contributed by atoms with Crippen LogP contribution in [0.5, 0.6) is 23.0 Å². The zero-order chi connectivity index (χ0) is 21.4. The number of fused-ring (bicyclic) bond motifs is 3. The first kappa shape index (κ1) is 19.4. The van der Waals surface area contributed by atoms with Crippen molar-refractivity contribution < 1.29 is 33.3 Å². The molecule has 0 unspecified atom stereocenters. The zero-order valence-corrected chi connectivity index (χ0v) is 17.4. The highest BCUT2D eigenvalue weighted by Crippen LogP contribution is 2.36. The molecule has 0 bridgehead atoms. The number of carbonyl (C=O) groups excluding carboxylic acids is 2. The summed E-state index contributed by atoms with van der Waals surface area (Å²) in [6.45, 7) is 2.95. The molecule has 31 heavy (non-hydrogen) atoms. The lowest BCUT2D eigenvalue weighted by Crippen LogP contribution is -2.23. The van der Waals surface area contributed by atoms with Crippen molar-refractivity contribution in [1.29, 1.82) is 0 Å². The molecule has 9 nitrogen and oxygen atoms in total. The first-order valence-corrected chi connectivity index (χ1v) is 10.5. The highest BCUT2D eigenvalue weighted by atomic mass is 32.1. The molecular formula is C21H18N2O7S. The van der Waals surface area contributed by atoms with Gasteiger partial charge in [0, 0.05) is 17.7 Å². The van der Waals surface area contributed by atoms with E-state index in [-0.39, 0.29) is 19.9 Å². The average Bonchev–Trinajstić information content (AvgIpc) is 3.36. The number of amides is 1. The number of rotatable bonds is 4. The molecule has 2 aliphatic heterocycles. The van der Waals surface area contributed by atoms with Gasteiger partial charge in [0.25, 0.3) is 5.91 Å². The Kier molecular flexibility index (Phi) is 4.99. The van der Waals surface area contributed by atoms with Gasteiger partial charge in [-0.1, -0.05) is 11.3 Å². The Labute approximate surface area is 180 Å². The molecule has 3 aromatic rings. The second-order valence-electron chi connectivity index (χ2n) is 6.72. The Morgan fingerprint density at radius 2 is 1.77 bits per heavy atom. The van der Waals surface area contributed by atoms with Crippen LogP contribution in [0.25, 0.3) is 10.2 Å². The van der Waals surface area contributed by atoms with Crippen molar-refractivity contribution in [3.8, 4) is 23.0 Å². The number of hydrogen-bond donors (Lipinski definition) is 0. The molecule has 2 aliphatic rings. The fourth-order valence-corrected chi connectivity index (χ4v) is 4.40. The van der Waals surface area contributed by atoms with E-state index in [4.69, 9.17) is 23.7 Å². The summed E-state index contributed by atoms with van der Waals surface area (Å²) in [5.41, 5.74) is 1.06. The smallest absolute Gasteiger partial charge is 0.326 e. The number of benzene rings is 2. The summed E-state index contributed by atoms with van der Waals surface area (Å²) < 4.78 is 29.5. The third-order valence-electron chi connectivity index (χ3n) is 4.76. The molecule has 160 valence electrons. The predicted molar refractivity (Wildman–Crippen MR) is 110 cm³/mol. The van der Waals surface area contributed by atoms with E-state index in [9.17, 15) is 9.59 Å². The molecular weight excluding hydrogens is 424 g/mol. The van der Waals surface area contributed by atoms with Crippen LogP contribution in [-0.4, -0.2) is 43.1 Å². The van der Waals surface area contributed by atoms with Crippen LogP contribution in [0.4, 0.5) is 0 Å². The fraction of sp³-hybridized carbons (Fsp3) is 0.286. The van der Waals surface area contributed by atoms with E-state index in [0.717, 1.165) is 4.70 Å². The number of esters is 1. The molecule has 0 atom stereocenters. The van der Waals surface area contributed by atoms with Crippen LogP contribution in [0, 0.1) is 0 Å². The van der Waals surface area contributed by atoms with Gasteiger partial charge in [-0.25, -0.2) is 0 Å². The summed E-state index contributed by atoms with van der Waals surface area (Å²) >= 11 is 1.28. The molecule has 0 saturated carbocycles. The second-order valence-corrected chi connectivity index (χ2v) is 7.73. The standard InChI is InChI=1S/C21H18N2O7S/c1-2-26-19(24)10-23-13-8-16-17(28-6-5-27-16)9-18(13)31-21(23)22-20(25)12-3-4-14-15(7-12)30-11-29-14/h3-4,7-9H,2,5-6,10-11H2,1H3. The van der Waals surface area contributed by atoms with Gasteiger partial charge < -0.3 is 28.3 Å². The Morgan fingerprint density at radius 3 is 2.58 bits per heavy atom. The van der Waals surface area contributed by atoms with Gasteiger partial charge in [0.05, 0.1) is 16.8 Å². The van der Waals surface area contributed by atoms with Gasteiger partial charge >= 0.3 is 5.97 Å². The van der Waals surface area contributed by atoms with Crippen LogP contribution in [0.3, 0.4) is 0 Å². The first-order chi connectivity index (χ1) is 15.1. The Bertz CT molecular complexity index is 1260. The minimum Gasteiger partial charge on any atom is -0.486 e. The van der Waals surface area contributed by atoms with Gasteiger partial charge in [-0.2, -0.15) is 4.99 Å². The van der Waals surface area contributed by atoms with Gasteiger partial charge in [0.15, 0.2) is 27.8 Å². The van der Waals surface area contributed by atoms with E-state index >= 15 is 0 Å². The lowest BCUT2D eigenvalue weighted by atomic mass is 10.2. The number of aromatic nitrogens is 1. The Hall–Kier alpha value is -3.53. The summed E-state index contributed by atoms with van der Waals surface area (Å²) in [4.78, 5) is 29.8. The molecule has 0 saturated heterocycles. The quantitative estimate of drug-likeness (QED) is 0.573. The molecule has 0 aliphatic carbocycles. The Morgan fingerprint density at radius 1 is 1.03 bits per heavy atom. The first-order valence-electron chi connectivity index (χ1n) is 9.69. The maximum atomic E-state index is 12.9. The molecule has 3 heterocycles. The van der Waals surface area contributed by atoms with Gasteiger partial charge in [0.2, 0.25) is 6.79 Å². The summed E-state index contributed by atoms with van der Waals surface area (Å²) in [6, 6.07) is 8.52. The highest BCUT2D eigenvalue weighted by Gasteiger charge is 2.20. The van der Waals surface area contributed by atoms with Crippen molar-refractivity contribution in [2.45, 2.75) is 13.5 Å². The molecule has 2 aromatic carbocycles. The van der Waals surface area contributed by atoms with Gasteiger partial charge in [-0.15, -0.1) is 0 Å². The average molecular weight is 442 g/mol. The van der Waals surface area contributed by atoms with E-state index in [2.05, 4.69) is 4.99 Å². The van der Waals surface area contributed by atoms with Crippen molar-refractivity contribution in [2.75, 3.05) is 26.6 Å². The van der Waals surface area contributed by atoms with Crippen molar-refractivity contribution in [3.63, 3.8) is 0 Å². The molecule has 0 radical (unpaired) electrons. The predicted octanol–water partition coefficient (Wildman–Crippen LogP) is 2.51. The van der Waals surface area contributed by atoms with E-state index in [1.807, 2.05) is 6.07 Å². The van der Waals surface area contributed by atoms with E-state index in [1.165, 1.54) is 11.3 Å². The summed E-state index contributed by atoms with van der Waals surface area (Å²) in [5.74, 6) is 1.41. The van der Waals surface area contributed by atoms with Crippen LogP contribution >= 0.6 is 11.3 Å². The number of ether oxygens (including phenoxy) is 5. The molecule has 1 aromatic heterocycles. The topological polar surface area (TPSA) is 97.6 Å². The summed E-state index contributed by atoms with van der Waals surface area (Å²) in [5, 5.41) is 0. The summed E-state index contributed by atoms with van der Waals surface area (Å²) in [7, 11) is 0. The van der Waals surface area contributed by atoms with Crippen molar-refractivity contribution in [2.24, 2.45) is 4.99 Å². The van der Waals surface area contributed by atoms with Crippen molar-refractivity contribution in [1.82, 2.24) is 4.57 Å². The highest BCUT2D eigenvalue weighted by molar-refractivity contribution is 7.16. The molecule has 5 rings (SSSR count). The van der Waals surface area contributed by atoms with Gasteiger partial charge in [-0.3, -0.25) is 9.59 Å². The minimum absolute atomic E-state index is 0.0826. The molecule has 0 spiro atoms. The SMILES string of the molecule is CCOC(=O)Cn1c(=NC(=O)c2ccc3c(c2)OCO3)sc2cc3c(cc21)OCCO3. The number of nitrogens with zero attached hydrogens (tertiary/aromatic N) is 2. The maximum absolute atomic E-state index is 12.9. The molecule has 0 N–H and O–H groups in total. The van der Waals surface area contributed by atoms with Gasteiger partial charge in [0.1, 0.15) is 19.8 Å². The third-order valence-corrected chi connectivity index (χ3v) is 5.80. The van der Waals surface area contributed by atoms with Crippen LogP contribution in [-0.2, 0) is 16.1 Å². The van der Waals surface area contributed by atoms with Crippen molar-refractivity contribution in [3.05, 3.63) is 40.7 Å². The molecule has 1 amide bonds. The number of thiazole rings is 1. The summed E-state index contributed by atoms with van der Waals surface area (Å²) in [6.07, 6.45) is 0. The van der Waals surface area contributed by atoms with E-state index in [1.54, 1.807) is 35.8 Å². The van der Waals surface area contributed by atoms with Crippen LogP contribution in [0.15, 0.2) is 35.3 Å². The largest absolute Gasteiger partial charge is 0.486 e. The fourth-order valence-electron chi connectivity index (χ4n) is 3.36. The monoisotopic (exact) mass is 442 g/mol. The second kappa shape index (κ2) is 7.95. The lowest BCUT2D eigenvalue weighted by Gasteiger charge is -2.18. The van der Waals surface area contributed by atoms with Crippen LogP contribution in [0.1, 0.15) is 17.3 Å². The van der Waals surface area contributed by atoms with E-state index in [0.29, 0.717) is 52.1 Å². The lowest BCUT2D eigenvalue weighted by molar-refractivity contribution is -0.143. The molecule has 0 fully saturated rings. The van der Waals surface area contributed by atoms with E-state index < -0.39 is 11.9 Å². The van der Waals surface area contributed by atoms with Crippen LogP contribution in [0.2, 0.25) is 0 Å². The third kappa shape index (κ3) is 3.70. The number of hydrogen-bond acceptors (Lipinski definition) is 8. The Balaban J connectivity index is 1.60. The zero-order valence-electron chi connectivity index (χ0n) is 16.6. The van der Waals surface area contributed by atoms with Gasteiger partial charge in [-0.05, 0) is 25.1 Å². The normalized spacial score (nSPS) is 14.7. The molecule has 10 heteroatoms. The number of carbonyl (C=O) groups is 2. The minimum atomic E-state index is -0.459. The van der Waals surface area contributed by atoms with Crippen LogP contribution < -0.4 is 23.7 Å². The maximum Gasteiger partial charge on any atom is 0.326 e. The van der Waals surface area contributed by atoms with Crippen molar-refractivity contribution >= 4 is 33.4 Å².